The number of aliphatic hydroxyl groups is 1. The highest BCUT2D eigenvalue weighted by Gasteiger charge is 2.06. The van der Waals surface area contributed by atoms with Crippen LogP contribution in [0.5, 0.6) is 0 Å². The van der Waals surface area contributed by atoms with Gasteiger partial charge in [0.15, 0.2) is 0 Å². The van der Waals surface area contributed by atoms with Gasteiger partial charge in [-0.3, -0.25) is 0 Å². The molecule has 0 bridgehead atoms. The zero-order valence-corrected chi connectivity index (χ0v) is 11.8. The minimum atomic E-state index is -0.429. The molecule has 0 saturated heterocycles. The molecular formula is C14H13BrOS. The molecule has 0 saturated carbocycles. The summed E-state index contributed by atoms with van der Waals surface area (Å²) in [6.07, 6.45) is -0.429. The maximum atomic E-state index is 9.50. The van der Waals surface area contributed by atoms with Crippen LogP contribution in [0.3, 0.4) is 0 Å². The lowest BCUT2D eigenvalue weighted by molar-refractivity contribution is 0.199. The highest BCUT2D eigenvalue weighted by atomic mass is 79.9. The van der Waals surface area contributed by atoms with Crippen molar-refractivity contribution in [1.29, 1.82) is 0 Å². The Morgan fingerprint density at radius 2 is 1.82 bits per heavy atom. The minimum Gasteiger partial charge on any atom is -0.389 e. The van der Waals surface area contributed by atoms with Crippen LogP contribution in [-0.2, 0) is 0 Å². The van der Waals surface area contributed by atoms with Gasteiger partial charge in [-0.15, -0.1) is 0 Å². The van der Waals surface area contributed by atoms with Crippen molar-refractivity contribution in [3.8, 4) is 0 Å². The predicted molar refractivity (Wildman–Crippen MR) is 75.3 cm³/mol. The summed E-state index contributed by atoms with van der Waals surface area (Å²) in [5.41, 5.74) is 0.925. The first-order chi connectivity index (χ1) is 8.16. The first-order valence-electron chi connectivity index (χ1n) is 5.37. The summed E-state index contributed by atoms with van der Waals surface area (Å²) in [6.45, 7) is 1.77. The second-order valence-electron chi connectivity index (χ2n) is 3.78. The lowest BCUT2D eigenvalue weighted by Gasteiger charge is -2.09. The van der Waals surface area contributed by atoms with Crippen LogP contribution in [0.1, 0.15) is 18.6 Å². The van der Waals surface area contributed by atoms with Gasteiger partial charge in [-0.1, -0.05) is 36.0 Å². The molecule has 0 aliphatic rings. The van der Waals surface area contributed by atoms with Gasteiger partial charge in [-0.2, -0.15) is 0 Å². The Bertz CT molecular complexity index is 497. The monoisotopic (exact) mass is 308 g/mol. The van der Waals surface area contributed by atoms with Crippen LogP contribution in [-0.4, -0.2) is 5.11 Å². The van der Waals surface area contributed by atoms with Crippen LogP contribution in [0.4, 0.5) is 0 Å². The predicted octanol–water partition coefficient (Wildman–Crippen LogP) is 4.65. The van der Waals surface area contributed by atoms with E-state index < -0.39 is 6.10 Å². The van der Waals surface area contributed by atoms with Gasteiger partial charge in [-0.25, -0.2) is 0 Å². The molecule has 2 aromatic carbocycles. The Balaban J connectivity index is 2.23. The fourth-order valence-electron chi connectivity index (χ4n) is 1.48. The molecule has 0 aliphatic heterocycles. The van der Waals surface area contributed by atoms with Gasteiger partial charge in [0.2, 0.25) is 0 Å². The molecule has 1 N–H and O–H groups in total. The molecular weight excluding hydrogens is 296 g/mol. The van der Waals surface area contributed by atoms with Crippen molar-refractivity contribution < 1.29 is 5.11 Å². The smallest absolute Gasteiger partial charge is 0.0762 e. The van der Waals surface area contributed by atoms with Crippen LogP contribution in [0.2, 0.25) is 0 Å². The Kier molecular flexibility index (Phi) is 4.26. The van der Waals surface area contributed by atoms with E-state index in [2.05, 4.69) is 28.1 Å². The number of benzene rings is 2. The zero-order chi connectivity index (χ0) is 12.3. The van der Waals surface area contributed by atoms with E-state index in [9.17, 15) is 5.11 Å². The lowest BCUT2D eigenvalue weighted by atomic mass is 10.1. The van der Waals surface area contributed by atoms with Crippen molar-refractivity contribution >= 4 is 27.7 Å². The lowest BCUT2D eigenvalue weighted by Crippen LogP contribution is -1.90. The number of aliphatic hydroxyl groups excluding tert-OH is 1. The average molecular weight is 309 g/mol. The van der Waals surface area contributed by atoms with Gasteiger partial charge in [-0.05, 0) is 52.7 Å². The third kappa shape index (κ3) is 3.35. The topological polar surface area (TPSA) is 20.2 Å². The maximum Gasteiger partial charge on any atom is 0.0762 e. The summed E-state index contributed by atoms with van der Waals surface area (Å²) in [5, 5.41) is 9.50. The van der Waals surface area contributed by atoms with E-state index >= 15 is 0 Å². The summed E-state index contributed by atoms with van der Waals surface area (Å²) in [5.74, 6) is 0. The van der Waals surface area contributed by atoms with Crippen molar-refractivity contribution in [3.63, 3.8) is 0 Å². The molecule has 0 spiro atoms. The molecule has 88 valence electrons. The largest absolute Gasteiger partial charge is 0.389 e. The number of hydrogen-bond donors (Lipinski definition) is 1. The Morgan fingerprint density at radius 1 is 1.12 bits per heavy atom. The SMILES string of the molecule is C[C@H](O)c1ccc(Sc2ccccc2)c(Br)c1. The minimum absolute atomic E-state index is 0.429. The zero-order valence-electron chi connectivity index (χ0n) is 9.43. The van der Waals surface area contributed by atoms with Gasteiger partial charge >= 0.3 is 0 Å². The fraction of sp³-hybridized carbons (Fsp3) is 0.143. The van der Waals surface area contributed by atoms with E-state index in [0.29, 0.717) is 0 Å². The van der Waals surface area contributed by atoms with E-state index in [4.69, 9.17) is 0 Å². The molecule has 0 aromatic heterocycles. The molecule has 3 heteroatoms. The molecule has 0 heterocycles. The van der Waals surface area contributed by atoms with Gasteiger partial charge in [0.25, 0.3) is 0 Å². The average Bonchev–Trinajstić information content (AvgIpc) is 2.33. The number of halogens is 1. The van der Waals surface area contributed by atoms with Gasteiger partial charge in [0, 0.05) is 14.3 Å². The van der Waals surface area contributed by atoms with Crippen LogP contribution >= 0.6 is 27.7 Å². The first kappa shape index (κ1) is 12.7. The Morgan fingerprint density at radius 3 is 2.41 bits per heavy atom. The molecule has 0 radical (unpaired) electrons. The third-order valence-corrected chi connectivity index (χ3v) is 4.41. The summed E-state index contributed by atoms with van der Waals surface area (Å²) >= 11 is 5.25. The van der Waals surface area contributed by atoms with Crippen LogP contribution in [0, 0.1) is 0 Å². The summed E-state index contributed by atoms with van der Waals surface area (Å²) < 4.78 is 1.02. The molecule has 1 atom stereocenters. The van der Waals surface area contributed by atoms with Gasteiger partial charge in [0.05, 0.1) is 6.10 Å². The maximum absolute atomic E-state index is 9.50. The fourth-order valence-corrected chi connectivity index (χ4v) is 2.95. The van der Waals surface area contributed by atoms with Crippen LogP contribution < -0.4 is 0 Å². The van der Waals surface area contributed by atoms with Crippen molar-refractivity contribution in [2.75, 3.05) is 0 Å². The second kappa shape index (κ2) is 5.71. The Hall–Kier alpha value is -0.770. The van der Waals surface area contributed by atoms with Crippen molar-refractivity contribution in [1.82, 2.24) is 0 Å². The van der Waals surface area contributed by atoms with E-state index in [1.165, 1.54) is 4.90 Å². The van der Waals surface area contributed by atoms with E-state index in [0.717, 1.165) is 14.9 Å². The summed E-state index contributed by atoms with van der Waals surface area (Å²) in [6, 6.07) is 16.2. The molecule has 17 heavy (non-hydrogen) atoms. The molecule has 0 fully saturated rings. The Labute approximate surface area is 114 Å². The molecule has 2 aromatic rings. The third-order valence-electron chi connectivity index (χ3n) is 2.41. The highest BCUT2D eigenvalue weighted by Crippen LogP contribution is 2.34. The second-order valence-corrected chi connectivity index (χ2v) is 5.75. The van der Waals surface area contributed by atoms with E-state index in [-0.39, 0.29) is 0 Å². The van der Waals surface area contributed by atoms with Crippen molar-refractivity contribution in [2.24, 2.45) is 0 Å². The van der Waals surface area contributed by atoms with Crippen LogP contribution in [0.15, 0.2) is 62.8 Å². The van der Waals surface area contributed by atoms with Crippen LogP contribution in [0.25, 0.3) is 0 Å². The highest BCUT2D eigenvalue weighted by molar-refractivity contribution is 9.10. The molecule has 2 rings (SSSR count). The number of hydrogen-bond acceptors (Lipinski definition) is 2. The number of rotatable bonds is 3. The van der Waals surface area contributed by atoms with Crippen molar-refractivity contribution in [3.05, 3.63) is 58.6 Å². The first-order valence-corrected chi connectivity index (χ1v) is 6.98. The molecule has 0 amide bonds. The van der Waals surface area contributed by atoms with Gasteiger partial charge in [0.1, 0.15) is 0 Å². The normalized spacial score (nSPS) is 12.4. The summed E-state index contributed by atoms with van der Waals surface area (Å²) in [7, 11) is 0. The van der Waals surface area contributed by atoms with E-state index in [1.54, 1.807) is 18.7 Å². The van der Waals surface area contributed by atoms with E-state index in [1.807, 2.05) is 36.4 Å². The molecule has 0 aliphatic carbocycles. The molecule has 1 nitrogen and oxygen atoms in total. The van der Waals surface area contributed by atoms with Gasteiger partial charge < -0.3 is 5.11 Å². The standard InChI is InChI=1S/C14H13BrOS/c1-10(16)11-7-8-14(13(15)9-11)17-12-5-3-2-4-6-12/h2-10,16H,1H3/t10-/m0/s1. The molecule has 0 unspecified atom stereocenters. The summed E-state index contributed by atoms with van der Waals surface area (Å²) in [4.78, 5) is 2.36. The quantitative estimate of drug-likeness (QED) is 0.890. The van der Waals surface area contributed by atoms with Crippen molar-refractivity contribution in [2.45, 2.75) is 22.8 Å².